The summed E-state index contributed by atoms with van der Waals surface area (Å²) in [6, 6.07) is 3.27. The number of aromatic nitrogens is 1. The van der Waals surface area contributed by atoms with Gasteiger partial charge in [-0.15, -0.1) is 0 Å². The number of hydrogen-bond acceptors (Lipinski definition) is 3. The van der Waals surface area contributed by atoms with Gasteiger partial charge in [-0.1, -0.05) is 54.4 Å². The second-order valence-corrected chi connectivity index (χ2v) is 3.57. The Hall–Kier alpha value is -1.58. The molecule has 0 spiro atoms. The van der Waals surface area contributed by atoms with Crippen LogP contribution in [0.4, 0.5) is 0 Å². The molecule has 1 heterocycles. The molecule has 1 N–H and O–H groups in total. The van der Waals surface area contributed by atoms with E-state index in [9.17, 15) is 4.79 Å². The number of hydrogen-bond donors (Lipinski definition) is 1. The lowest BCUT2D eigenvalue weighted by atomic mass is 10.3. The van der Waals surface area contributed by atoms with E-state index in [-0.39, 0.29) is 7.33 Å². The van der Waals surface area contributed by atoms with Crippen LogP contribution in [0.3, 0.4) is 0 Å². The van der Waals surface area contributed by atoms with Gasteiger partial charge in [0.05, 0.1) is 7.11 Å². The quantitative estimate of drug-likeness (QED) is 0.867. The van der Waals surface area contributed by atoms with Crippen molar-refractivity contribution >= 4 is 5.91 Å². The summed E-state index contributed by atoms with van der Waals surface area (Å²) in [6.45, 7) is 12.5. The fraction of sp³-hybridized carbons (Fsp3) is 0.625. The van der Waals surface area contributed by atoms with E-state index in [0.717, 1.165) is 0 Å². The number of nitrogens with one attached hydrogen (secondary N) is 1. The number of ether oxygens (including phenoxy) is 1. The molecule has 0 fully saturated rings. The van der Waals surface area contributed by atoms with Crippen LogP contribution in [-0.4, -0.2) is 25.0 Å². The number of carbonyl (C=O) groups excluding carboxylic acids is 1. The fourth-order valence-corrected chi connectivity index (χ4v) is 0.790. The van der Waals surface area contributed by atoms with Crippen molar-refractivity contribution in [3.05, 3.63) is 24.0 Å². The molecule has 1 rings (SSSR count). The predicted molar refractivity (Wildman–Crippen MR) is 89.6 cm³/mol. The van der Waals surface area contributed by atoms with E-state index in [4.69, 9.17) is 4.74 Å². The third kappa shape index (κ3) is 14.5. The average molecular weight is 286 g/mol. The standard InChI is InChI=1S/C8H10N2O2.2C3H8.C2H6.H2/c1-9-8(11)7-5-6(12-2)3-4-10-7;2*1-3-2;1-2;/h3-5H,1-2H3,(H,9,11);2*3H2,1-2H3;1-2H3;1H. The Bertz CT molecular complexity index is 319. The van der Waals surface area contributed by atoms with E-state index in [1.807, 2.05) is 13.8 Å². The molecule has 0 unspecified atom stereocenters. The minimum atomic E-state index is -0.214. The highest BCUT2D eigenvalue weighted by molar-refractivity contribution is 5.92. The minimum absolute atomic E-state index is 0. The van der Waals surface area contributed by atoms with Crippen LogP contribution in [0, 0.1) is 0 Å². The minimum Gasteiger partial charge on any atom is -0.497 e. The summed E-state index contributed by atoms with van der Waals surface area (Å²) in [5.41, 5.74) is 0.358. The molecule has 20 heavy (non-hydrogen) atoms. The Labute approximate surface area is 126 Å². The maximum Gasteiger partial charge on any atom is 0.269 e. The highest BCUT2D eigenvalue weighted by Gasteiger charge is 2.04. The summed E-state index contributed by atoms with van der Waals surface area (Å²) in [7, 11) is 3.10. The van der Waals surface area contributed by atoms with E-state index in [1.165, 1.54) is 19.0 Å². The SMILES string of the molecule is CC.CCC.CCC.CNC(=O)c1cc(OC)ccn1.[HH]. The first-order valence-electron chi connectivity index (χ1n) is 7.33. The smallest absolute Gasteiger partial charge is 0.269 e. The molecule has 4 nitrogen and oxygen atoms in total. The van der Waals surface area contributed by atoms with Crippen molar-refractivity contribution in [2.24, 2.45) is 0 Å². The Morgan fingerprint density at radius 2 is 1.70 bits per heavy atom. The van der Waals surface area contributed by atoms with Crippen LogP contribution in [0.1, 0.15) is 66.3 Å². The highest BCUT2D eigenvalue weighted by Crippen LogP contribution is 2.09. The summed E-state index contributed by atoms with van der Waals surface area (Å²) in [5, 5.41) is 2.48. The van der Waals surface area contributed by atoms with Gasteiger partial charge in [0.15, 0.2) is 0 Å². The molecule has 1 aromatic heterocycles. The molecule has 0 aromatic carbocycles. The molecule has 0 atom stereocenters. The van der Waals surface area contributed by atoms with Gasteiger partial charge in [0, 0.05) is 20.7 Å². The van der Waals surface area contributed by atoms with Crippen molar-refractivity contribution in [1.29, 1.82) is 0 Å². The Morgan fingerprint density at radius 3 is 2.05 bits per heavy atom. The maximum atomic E-state index is 11.1. The summed E-state index contributed by atoms with van der Waals surface area (Å²) in [5.74, 6) is 0.414. The van der Waals surface area contributed by atoms with Gasteiger partial charge in [-0.05, 0) is 6.07 Å². The first-order chi connectivity index (χ1) is 9.60. The van der Waals surface area contributed by atoms with Crippen LogP contribution >= 0.6 is 0 Å². The molecule has 0 aliphatic rings. The maximum absolute atomic E-state index is 11.1. The van der Waals surface area contributed by atoms with Gasteiger partial charge in [-0.25, -0.2) is 0 Å². The van der Waals surface area contributed by atoms with Crippen molar-refractivity contribution in [2.75, 3.05) is 14.2 Å². The van der Waals surface area contributed by atoms with Crippen LogP contribution in [0.5, 0.6) is 5.75 Å². The molecular weight excluding hydrogens is 252 g/mol. The Kier molecular flexibility index (Phi) is 23.2. The van der Waals surface area contributed by atoms with Gasteiger partial charge in [0.2, 0.25) is 0 Å². The normalized spacial score (nSPS) is 7.60. The van der Waals surface area contributed by atoms with Crippen LogP contribution < -0.4 is 10.1 Å². The highest BCUT2D eigenvalue weighted by atomic mass is 16.5. The lowest BCUT2D eigenvalue weighted by Crippen LogP contribution is -2.18. The van der Waals surface area contributed by atoms with Crippen molar-refractivity contribution in [3.63, 3.8) is 0 Å². The lowest BCUT2D eigenvalue weighted by molar-refractivity contribution is 0.0958. The molecule has 4 heteroatoms. The van der Waals surface area contributed by atoms with Crippen LogP contribution in [-0.2, 0) is 0 Å². The zero-order valence-electron chi connectivity index (χ0n) is 14.4. The number of carbonyl (C=O) groups is 1. The number of amides is 1. The first kappa shape index (κ1) is 23.5. The van der Waals surface area contributed by atoms with Gasteiger partial charge in [0.1, 0.15) is 11.4 Å². The van der Waals surface area contributed by atoms with Crippen LogP contribution in [0.25, 0.3) is 0 Å². The van der Waals surface area contributed by atoms with Crippen LogP contribution in [0.2, 0.25) is 0 Å². The van der Waals surface area contributed by atoms with Gasteiger partial charge < -0.3 is 10.1 Å². The Balaban J connectivity index is -0.000000137. The third-order valence-electron chi connectivity index (χ3n) is 1.43. The van der Waals surface area contributed by atoms with Gasteiger partial charge in [-0.2, -0.15) is 0 Å². The molecule has 0 radical (unpaired) electrons. The number of methoxy groups -OCH3 is 1. The van der Waals surface area contributed by atoms with Crippen molar-refractivity contribution in [3.8, 4) is 5.75 Å². The molecule has 0 aliphatic heterocycles. The molecule has 1 aromatic rings. The first-order valence-corrected chi connectivity index (χ1v) is 7.33. The van der Waals surface area contributed by atoms with Gasteiger partial charge >= 0.3 is 0 Å². The average Bonchev–Trinajstić information content (AvgIpc) is 2.50. The Morgan fingerprint density at radius 1 is 1.25 bits per heavy atom. The summed E-state index contributed by atoms with van der Waals surface area (Å²) in [6.07, 6.45) is 4.03. The predicted octanol–water partition coefficient (Wildman–Crippen LogP) is 4.55. The second-order valence-electron chi connectivity index (χ2n) is 3.57. The van der Waals surface area contributed by atoms with E-state index < -0.39 is 0 Å². The summed E-state index contributed by atoms with van der Waals surface area (Å²) < 4.78 is 4.93. The molecule has 0 saturated heterocycles. The second kappa shape index (κ2) is 19.8. The van der Waals surface area contributed by atoms with Crippen molar-refractivity contribution < 1.29 is 11.0 Å². The van der Waals surface area contributed by atoms with E-state index in [1.54, 1.807) is 26.3 Å². The zero-order valence-corrected chi connectivity index (χ0v) is 14.4. The topological polar surface area (TPSA) is 51.2 Å². The fourth-order valence-electron chi connectivity index (χ4n) is 0.790. The van der Waals surface area contributed by atoms with Gasteiger partial charge in [0.25, 0.3) is 5.91 Å². The van der Waals surface area contributed by atoms with E-state index in [2.05, 4.69) is 38.0 Å². The number of pyridine rings is 1. The third-order valence-corrected chi connectivity index (χ3v) is 1.43. The summed E-state index contributed by atoms with van der Waals surface area (Å²) >= 11 is 0. The summed E-state index contributed by atoms with van der Waals surface area (Å²) in [4.78, 5) is 14.9. The molecular formula is C16H34N2O2. The van der Waals surface area contributed by atoms with Crippen LogP contribution in [0.15, 0.2) is 18.3 Å². The molecule has 0 saturated carbocycles. The zero-order chi connectivity index (χ0) is 16.4. The molecule has 0 bridgehead atoms. The van der Waals surface area contributed by atoms with Crippen molar-refractivity contribution in [2.45, 2.75) is 54.4 Å². The number of rotatable bonds is 2. The molecule has 120 valence electrons. The van der Waals surface area contributed by atoms with Crippen molar-refractivity contribution in [1.82, 2.24) is 10.3 Å². The van der Waals surface area contributed by atoms with E-state index >= 15 is 0 Å². The number of nitrogens with zero attached hydrogens (tertiary/aromatic N) is 1. The van der Waals surface area contributed by atoms with Gasteiger partial charge in [-0.3, -0.25) is 9.78 Å². The largest absolute Gasteiger partial charge is 0.497 e. The molecule has 0 aliphatic carbocycles. The van der Waals surface area contributed by atoms with E-state index in [0.29, 0.717) is 11.4 Å². The molecule has 1 amide bonds. The lowest BCUT2D eigenvalue weighted by Gasteiger charge is -2.01. The monoisotopic (exact) mass is 286 g/mol.